The lowest BCUT2D eigenvalue weighted by Crippen LogP contribution is -2.38. The van der Waals surface area contributed by atoms with Crippen LogP contribution in [-0.4, -0.2) is 94.1 Å². The quantitative estimate of drug-likeness (QED) is 0.212. The molecule has 0 atom stereocenters. The molecule has 53 heavy (non-hydrogen) atoms. The van der Waals surface area contributed by atoms with Gasteiger partial charge in [-0.2, -0.15) is 16.9 Å². The smallest absolute Gasteiger partial charge is 0.352 e. The molecule has 1 saturated heterocycles. The van der Waals surface area contributed by atoms with Gasteiger partial charge in [0.25, 0.3) is 0 Å². The van der Waals surface area contributed by atoms with Gasteiger partial charge in [0.05, 0.1) is 41.8 Å². The van der Waals surface area contributed by atoms with Crippen molar-refractivity contribution in [1.82, 2.24) is 29.7 Å². The Kier molecular flexibility index (Phi) is 10.4. The third kappa shape index (κ3) is 7.27. The zero-order valence-electron chi connectivity index (χ0n) is 30.1. The van der Waals surface area contributed by atoms with E-state index in [1.165, 1.54) is 11.6 Å². The van der Waals surface area contributed by atoms with E-state index in [0.29, 0.717) is 63.1 Å². The third-order valence-electron chi connectivity index (χ3n) is 10.6. The summed E-state index contributed by atoms with van der Waals surface area (Å²) in [6, 6.07) is 14.9. The van der Waals surface area contributed by atoms with Gasteiger partial charge in [-0.15, -0.1) is 0 Å². The molecule has 0 saturated carbocycles. The number of hydrogen-bond acceptors (Lipinski definition) is 8. The Morgan fingerprint density at radius 3 is 2.66 bits per heavy atom. The number of nitrogens with one attached hydrogen (secondary N) is 1. The number of morpholine rings is 1. The molecule has 0 aliphatic carbocycles. The Labute approximate surface area is 317 Å². The predicted molar refractivity (Wildman–Crippen MR) is 208 cm³/mol. The number of rotatable bonds is 4. The van der Waals surface area contributed by atoms with E-state index in [9.17, 15) is 14.3 Å². The Morgan fingerprint density at radius 2 is 1.83 bits per heavy atom. The SMILES string of the molecule is CN1NCC2=C1c1c(Cl)ccc3c(c(C(=O)O)n(CCN4CCOCC4)c13)CCCOc1cc(cc3cc(F)ccc13)CCc1cc(nn1C)CSC2. The summed E-state index contributed by atoms with van der Waals surface area (Å²) in [6.45, 7) is 5.15. The van der Waals surface area contributed by atoms with Crippen LogP contribution in [0.3, 0.4) is 0 Å². The molecule has 0 radical (unpaired) electrons. The summed E-state index contributed by atoms with van der Waals surface area (Å²) in [6.07, 6.45) is 2.60. The minimum atomic E-state index is -0.964. The van der Waals surface area contributed by atoms with Crippen LogP contribution in [0.1, 0.15) is 45.0 Å². The van der Waals surface area contributed by atoms with Crippen LogP contribution in [0.5, 0.6) is 5.75 Å². The van der Waals surface area contributed by atoms with Crippen molar-refractivity contribution >= 4 is 56.7 Å². The number of hydrazine groups is 1. The number of carboxylic acid groups (broad SMARTS) is 1. The summed E-state index contributed by atoms with van der Waals surface area (Å²) in [4.78, 5) is 15.6. The van der Waals surface area contributed by atoms with E-state index in [4.69, 9.17) is 26.2 Å². The summed E-state index contributed by atoms with van der Waals surface area (Å²) in [5.41, 5.74) is 11.6. The van der Waals surface area contributed by atoms with Gasteiger partial charge in [0.2, 0.25) is 0 Å². The molecular weight excluding hydrogens is 715 g/mol. The summed E-state index contributed by atoms with van der Waals surface area (Å²) in [5.74, 6) is 0.936. The van der Waals surface area contributed by atoms with Gasteiger partial charge in [0.15, 0.2) is 0 Å². The van der Waals surface area contributed by atoms with E-state index in [1.54, 1.807) is 23.9 Å². The number of carbonyl (C=O) groups is 1. The van der Waals surface area contributed by atoms with Crippen LogP contribution in [0.2, 0.25) is 5.02 Å². The zero-order chi connectivity index (χ0) is 36.6. The molecule has 0 unspecified atom stereocenters. The minimum Gasteiger partial charge on any atom is -0.493 e. The number of carboxylic acids is 1. The van der Waals surface area contributed by atoms with Crippen LogP contribution in [0.15, 0.2) is 54.1 Å². The molecule has 2 aromatic heterocycles. The summed E-state index contributed by atoms with van der Waals surface area (Å²) >= 11 is 8.96. The van der Waals surface area contributed by atoms with Gasteiger partial charge in [-0.05, 0) is 84.2 Å². The second kappa shape index (κ2) is 15.3. The van der Waals surface area contributed by atoms with Crippen LogP contribution in [0.25, 0.3) is 27.4 Å². The van der Waals surface area contributed by atoms with Gasteiger partial charge in [-0.3, -0.25) is 9.58 Å². The molecule has 3 aliphatic rings. The van der Waals surface area contributed by atoms with Gasteiger partial charge in [-0.25, -0.2) is 14.6 Å². The highest BCUT2D eigenvalue weighted by Gasteiger charge is 2.31. The van der Waals surface area contributed by atoms with Gasteiger partial charge in [0, 0.05) is 80.4 Å². The maximum atomic E-state index is 14.4. The summed E-state index contributed by atoms with van der Waals surface area (Å²) < 4.78 is 30.4. The molecule has 1 fully saturated rings. The number of aromatic nitrogens is 3. The molecule has 0 spiro atoms. The first kappa shape index (κ1) is 35.9. The maximum absolute atomic E-state index is 14.4. The number of hydrogen-bond donors (Lipinski definition) is 2. The second-order valence-corrected chi connectivity index (χ2v) is 15.5. The number of ether oxygens (including phenoxy) is 2. The van der Waals surface area contributed by atoms with E-state index in [-0.39, 0.29) is 11.5 Å². The molecule has 8 rings (SSSR count). The number of halogens is 2. The highest BCUT2D eigenvalue weighted by atomic mass is 35.5. The van der Waals surface area contributed by atoms with Gasteiger partial charge in [-0.1, -0.05) is 23.7 Å². The van der Waals surface area contributed by atoms with Crippen molar-refractivity contribution in [3.05, 3.63) is 98.7 Å². The second-order valence-electron chi connectivity index (χ2n) is 14.1. The van der Waals surface area contributed by atoms with Crippen LogP contribution in [0, 0.1) is 5.82 Å². The monoisotopic (exact) mass is 758 g/mol. The standard InChI is InChI=1S/C40H44ClFN6O4S/c1-45-30-7-5-25-18-26-20-28(42)6-8-31(26)35(19-25)52-15-3-4-32-33-9-10-34(41)36(37-27(22-43-46(37)2)23-53-24-29(21-30)44-45)38(33)48(39(32)40(49)50)12-11-47-13-16-51-17-14-47/h6,8-10,18-21,43H,3-5,7,11-17,22-24H2,1-2H3,(H,49,50). The molecule has 8 bridgehead atoms. The zero-order valence-corrected chi connectivity index (χ0v) is 31.7. The van der Waals surface area contributed by atoms with E-state index < -0.39 is 5.97 Å². The van der Waals surface area contributed by atoms with Crippen LogP contribution in [0.4, 0.5) is 4.39 Å². The lowest BCUT2D eigenvalue weighted by atomic mass is 10.0. The van der Waals surface area contributed by atoms with Gasteiger partial charge < -0.3 is 24.2 Å². The largest absolute Gasteiger partial charge is 0.493 e. The summed E-state index contributed by atoms with van der Waals surface area (Å²) in [7, 11) is 3.98. The number of aromatic carboxylic acids is 1. The van der Waals surface area contributed by atoms with Crippen molar-refractivity contribution < 1.29 is 23.8 Å². The topological polar surface area (TPSA) is 97.0 Å². The molecule has 0 amide bonds. The van der Waals surface area contributed by atoms with E-state index in [0.717, 1.165) is 92.9 Å². The molecule has 3 aromatic carbocycles. The van der Waals surface area contributed by atoms with Crippen LogP contribution in [-0.2, 0) is 43.3 Å². The first-order valence-electron chi connectivity index (χ1n) is 18.3. The normalized spacial score (nSPS) is 17.7. The molecule has 5 heterocycles. The van der Waals surface area contributed by atoms with Crippen molar-refractivity contribution in [2.75, 3.05) is 58.8 Å². The van der Waals surface area contributed by atoms with E-state index in [2.05, 4.69) is 22.5 Å². The molecule has 278 valence electrons. The predicted octanol–water partition coefficient (Wildman–Crippen LogP) is 6.56. The highest BCUT2D eigenvalue weighted by molar-refractivity contribution is 7.98. The van der Waals surface area contributed by atoms with Crippen LogP contribution >= 0.6 is 23.4 Å². The van der Waals surface area contributed by atoms with Gasteiger partial charge >= 0.3 is 5.97 Å². The number of thioether (sulfide) groups is 1. The average molecular weight is 759 g/mol. The fraction of sp³-hybridized carbons (Fsp3) is 0.400. The van der Waals surface area contributed by atoms with Crippen molar-refractivity contribution in [1.29, 1.82) is 0 Å². The molecule has 2 N–H and O–H groups in total. The lowest BCUT2D eigenvalue weighted by molar-refractivity contribution is 0.0362. The number of benzene rings is 3. The Hall–Kier alpha value is -4.07. The van der Waals surface area contributed by atoms with Crippen molar-refractivity contribution in [2.45, 2.75) is 38.0 Å². The number of nitrogens with zero attached hydrogens (tertiary/aromatic N) is 5. The molecule has 3 aliphatic heterocycles. The molecule has 10 nitrogen and oxygen atoms in total. The van der Waals surface area contributed by atoms with Gasteiger partial charge in [0.1, 0.15) is 17.3 Å². The molecule has 5 aromatic rings. The van der Waals surface area contributed by atoms with Crippen molar-refractivity contribution in [3.8, 4) is 5.75 Å². The van der Waals surface area contributed by atoms with E-state index in [1.807, 2.05) is 46.6 Å². The summed E-state index contributed by atoms with van der Waals surface area (Å²) in [5, 5.41) is 20.9. The minimum absolute atomic E-state index is 0.290. The first-order chi connectivity index (χ1) is 25.7. The lowest BCUT2D eigenvalue weighted by Gasteiger charge is -2.27. The number of fused-ring (bicyclic) bond motifs is 7. The average Bonchev–Trinajstić information content (AvgIpc) is 3.79. The highest BCUT2D eigenvalue weighted by Crippen LogP contribution is 2.41. The number of aryl methyl sites for hydroxylation is 4. The van der Waals surface area contributed by atoms with Crippen molar-refractivity contribution in [2.24, 2.45) is 7.05 Å². The fourth-order valence-corrected chi connectivity index (χ4v) is 9.25. The Morgan fingerprint density at radius 1 is 1.00 bits per heavy atom. The van der Waals surface area contributed by atoms with E-state index >= 15 is 0 Å². The Balaban J connectivity index is 1.25. The third-order valence-corrected chi connectivity index (χ3v) is 12.0. The Bertz CT molecular complexity index is 2230. The molecule has 13 heteroatoms. The fourth-order valence-electron chi connectivity index (χ4n) is 8.07. The molecular formula is C40H44ClFN6O4S. The maximum Gasteiger partial charge on any atom is 0.352 e. The first-order valence-corrected chi connectivity index (χ1v) is 19.8. The van der Waals surface area contributed by atoms with Crippen molar-refractivity contribution in [3.63, 3.8) is 0 Å². The van der Waals surface area contributed by atoms with Crippen LogP contribution < -0.4 is 10.2 Å².